The quantitative estimate of drug-likeness (QED) is 0.291. The molecule has 0 aliphatic heterocycles. The number of benzene rings is 3. The maximum atomic E-state index is 12.6. The number of hydrogen-bond acceptors (Lipinski definition) is 6. The Bertz CT molecular complexity index is 1490. The summed E-state index contributed by atoms with van der Waals surface area (Å²) in [6, 6.07) is 21.5. The first kappa shape index (κ1) is 22.5. The molecule has 2 aromatic heterocycles. The van der Waals surface area contributed by atoms with Gasteiger partial charge in [-0.25, -0.2) is 9.97 Å². The van der Waals surface area contributed by atoms with Crippen molar-refractivity contribution in [2.75, 3.05) is 30.8 Å². The number of aromatic nitrogens is 4. The number of carbonyl (C=O) groups is 1. The highest BCUT2D eigenvalue weighted by molar-refractivity contribution is 5.97. The Morgan fingerprint density at radius 2 is 1.86 bits per heavy atom. The van der Waals surface area contributed by atoms with Crippen LogP contribution >= 0.6 is 0 Å². The molecule has 0 bridgehead atoms. The number of amides is 1. The van der Waals surface area contributed by atoms with E-state index in [4.69, 9.17) is 9.97 Å². The molecule has 5 rings (SSSR count). The predicted molar refractivity (Wildman–Crippen MR) is 141 cm³/mol. The third-order valence-corrected chi connectivity index (χ3v) is 6.01. The van der Waals surface area contributed by atoms with E-state index in [-0.39, 0.29) is 5.91 Å². The number of hydrogen-bond donors (Lipinski definition) is 3. The van der Waals surface area contributed by atoms with E-state index in [1.807, 2.05) is 73.8 Å². The van der Waals surface area contributed by atoms with Crippen molar-refractivity contribution >= 4 is 44.9 Å². The first-order valence-corrected chi connectivity index (χ1v) is 11.7. The van der Waals surface area contributed by atoms with Crippen LogP contribution in [0.15, 0.2) is 72.9 Å². The summed E-state index contributed by atoms with van der Waals surface area (Å²) >= 11 is 0. The first-order valence-electron chi connectivity index (χ1n) is 11.7. The summed E-state index contributed by atoms with van der Waals surface area (Å²) < 4.78 is 0. The lowest BCUT2D eigenvalue weighted by molar-refractivity contribution is -0.116. The van der Waals surface area contributed by atoms with Crippen LogP contribution in [-0.4, -0.2) is 51.1 Å². The Labute approximate surface area is 203 Å². The van der Waals surface area contributed by atoms with Gasteiger partial charge in [0.05, 0.1) is 22.9 Å². The van der Waals surface area contributed by atoms with Crippen LogP contribution in [0.1, 0.15) is 13.3 Å². The number of fused-ring (bicyclic) bond motifs is 2. The monoisotopic (exact) mass is 465 g/mol. The lowest BCUT2D eigenvalue weighted by Gasteiger charge is -2.15. The third kappa shape index (κ3) is 4.97. The minimum atomic E-state index is -0.0368. The molecule has 0 aliphatic rings. The summed E-state index contributed by atoms with van der Waals surface area (Å²) in [7, 11) is 2.00. The first-order chi connectivity index (χ1) is 17.1. The Kier molecular flexibility index (Phi) is 6.36. The second kappa shape index (κ2) is 9.90. The molecule has 0 spiro atoms. The van der Waals surface area contributed by atoms with Crippen molar-refractivity contribution in [1.29, 1.82) is 0 Å². The van der Waals surface area contributed by atoms with Gasteiger partial charge in [-0.1, -0.05) is 31.2 Å². The zero-order chi connectivity index (χ0) is 24.2. The average molecular weight is 466 g/mol. The fourth-order valence-corrected chi connectivity index (χ4v) is 3.90. The smallest absolute Gasteiger partial charge is 0.225 e. The second-order valence-corrected chi connectivity index (χ2v) is 8.45. The van der Waals surface area contributed by atoms with Gasteiger partial charge < -0.3 is 15.5 Å². The molecule has 3 N–H and O–H groups in total. The van der Waals surface area contributed by atoms with Gasteiger partial charge in [-0.3, -0.25) is 9.89 Å². The van der Waals surface area contributed by atoms with Crippen LogP contribution in [0.4, 0.5) is 17.2 Å². The van der Waals surface area contributed by atoms with Crippen molar-refractivity contribution in [3.05, 3.63) is 72.9 Å². The van der Waals surface area contributed by atoms with E-state index in [2.05, 4.69) is 32.7 Å². The van der Waals surface area contributed by atoms with Crippen molar-refractivity contribution < 1.29 is 4.79 Å². The highest BCUT2D eigenvalue weighted by atomic mass is 16.1. The second-order valence-electron chi connectivity index (χ2n) is 8.45. The minimum Gasteiger partial charge on any atom is -0.340 e. The van der Waals surface area contributed by atoms with Crippen LogP contribution in [0.3, 0.4) is 0 Å². The minimum absolute atomic E-state index is 0.0368. The van der Waals surface area contributed by atoms with E-state index >= 15 is 0 Å². The van der Waals surface area contributed by atoms with Crippen LogP contribution in [0.5, 0.6) is 0 Å². The van der Waals surface area contributed by atoms with E-state index in [0.717, 1.165) is 39.6 Å². The van der Waals surface area contributed by atoms with Gasteiger partial charge in [-0.2, -0.15) is 5.10 Å². The number of para-hydroxylation sites is 2. The van der Waals surface area contributed by atoms with Crippen LogP contribution in [-0.2, 0) is 4.79 Å². The zero-order valence-corrected chi connectivity index (χ0v) is 19.7. The molecule has 0 aliphatic carbocycles. The molecule has 35 heavy (non-hydrogen) atoms. The van der Waals surface area contributed by atoms with E-state index in [1.165, 1.54) is 0 Å². The fraction of sp³-hybridized carbons (Fsp3) is 0.185. The van der Waals surface area contributed by atoms with Crippen LogP contribution in [0.25, 0.3) is 33.2 Å². The average Bonchev–Trinajstić information content (AvgIpc) is 3.35. The Balaban J connectivity index is 1.50. The Hall–Kier alpha value is -4.30. The number of H-pyrrole nitrogens is 1. The molecule has 0 radical (unpaired) electrons. The number of nitrogens with one attached hydrogen (secondary N) is 3. The molecule has 0 fully saturated rings. The van der Waals surface area contributed by atoms with E-state index in [9.17, 15) is 4.79 Å². The Morgan fingerprint density at radius 3 is 2.74 bits per heavy atom. The molecule has 0 saturated heterocycles. The van der Waals surface area contributed by atoms with Gasteiger partial charge in [0.2, 0.25) is 5.91 Å². The van der Waals surface area contributed by atoms with Gasteiger partial charge in [-0.05, 0) is 56.1 Å². The topological polar surface area (TPSA) is 98.8 Å². The van der Waals surface area contributed by atoms with Crippen molar-refractivity contribution in [2.45, 2.75) is 13.3 Å². The Morgan fingerprint density at radius 1 is 1.03 bits per heavy atom. The molecular weight excluding hydrogens is 438 g/mol. The standard InChI is InChI=1S/C27H27N7O/c1-3-34(2)15-14-25(35)30-23-10-6-4-8-20(23)27-31-24-11-7-5-9-21(24)26(32-27)29-19-12-13-22-18(16-19)17-28-33-22/h4-13,16-17H,3,14-15H2,1-2H3,(H,28,33)(H,30,35)(H,29,31,32). The van der Waals surface area contributed by atoms with Gasteiger partial charge in [0.1, 0.15) is 5.82 Å². The highest BCUT2D eigenvalue weighted by Crippen LogP contribution is 2.31. The molecule has 0 saturated carbocycles. The van der Waals surface area contributed by atoms with Crippen molar-refractivity contribution in [2.24, 2.45) is 0 Å². The third-order valence-electron chi connectivity index (χ3n) is 6.01. The number of nitrogens with zero attached hydrogens (tertiary/aromatic N) is 4. The zero-order valence-electron chi connectivity index (χ0n) is 19.7. The molecular formula is C27H27N7O. The largest absolute Gasteiger partial charge is 0.340 e. The lowest BCUT2D eigenvalue weighted by Crippen LogP contribution is -2.24. The van der Waals surface area contributed by atoms with Crippen molar-refractivity contribution in [1.82, 2.24) is 25.1 Å². The van der Waals surface area contributed by atoms with E-state index in [0.29, 0.717) is 30.3 Å². The van der Waals surface area contributed by atoms with Gasteiger partial charge in [0, 0.05) is 35.0 Å². The summed E-state index contributed by atoms with van der Waals surface area (Å²) in [6.45, 7) is 3.67. The summed E-state index contributed by atoms with van der Waals surface area (Å²) in [5.74, 6) is 1.20. The van der Waals surface area contributed by atoms with Gasteiger partial charge in [-0.15, -0.1) is 0 Å². The molecule has 8 nitrogen and oxygen atoms in total. The van der Waals surface area contributed by atoms with Gasteiger partial charge >= 0.3 is 0 Å². The molecule has 2 heterocycles. The maximum absolute atomic E-state index is 12.6. The number of rotatable bonds is 8. The van der Waals surface area contributed by atoms with Crippen LogP contribution in [0.2, 0.25) is 0 Å². The molecule has 3 aromatic carbocycles. The summed E-state index contributed by atoms with van der Waals surface area (Å²) in [5.41, 5.74) is 4.14. The van der Waals surface area contributed by atoms with Crippen molar-refractivity contribution in [3.8, 4) is 11.4 Å². The molecule has 1 amide bonds. The van der Waals surface area contributed by atoms with Crippen LogP contribution in [0, 0.1) is 0 Å². The lowest BCUT2D eigenvalue weighted by atomic mass is 10.1. The van der Waals surface area contributed by atoms with Crippen molar-refractivity contribution in [3.63, 3.8) is 0 Å². The molecule has 5 aromatic rings. The normalized spacial score (nSPS) is 11.3. The summed E-state index contributed by atoms with van der Waals surface area (Å²) in [4.78, 5) is 24.4. The van der Waals surface area contributed by atoms with E-state index in [1.54, 1.807) is 6.20 Å². The van der Waals surface area contributed by atoms with Crippen LogP contribution < -0.4 is 10.6 Å². The molecule has 0 atom stereocenters. The summed E-state index contributed by atoms with van der Waals surface area (Å²) in [6.07, 6.45) is 2.21. The SMILES string of the molecule is CCN(C)CCC(=O)Nc1ccccc1-c1nc(Nc2ccc3[nH]ncc3c2)c2ccccc2n1. The fourth-order valence-electron chi connectivity index (χ4n) is 3.90. The maximum Gasteiger partial charge on any atom is 0.225 e. The van der Waals surface area contributed by atoms with Gasteiger partial charge in [0.25, 0.3) is 0 Å². The molecule has 176 valence electrons. The molecule has 0 unspecified atom stereocenters. The highest BCUT2D eigenvalue weighted by Gasteiger charge is 2.15. The predicted octanol–water partition coefficient (Wildman–Crippen LogP) is 5.20. The molecule has 8 heteroatoms. The summed E-state index contributed by atoms with van der Waals surface area (Å²) in [5, 5.41) is 15.5. The van der Waals surface area contributed by atoms with Gasteiger partial charge in [0.15, 0.2) is 5.82 Å². The van der Waals surface area contributed by atoms with E-state index < -0.39 is 0 Å². The number of anilines is 3. The number of carbonyl (C=O) groups excluding carboxylic acids is 1. The number of aromatic amines is 1.